The van der Waals surface area contributed by atoms with Crippen LogP contribution in [0.25, 0.3) is 5.69 Å². The first-order chi connectivity index (χ1) is 9.43. The van der Waals surface area contributed by atoms with Gasteiger partial charge in [0, 0.05) is 10.6 Å². The molecule has 0 atom stereocenters. The highest BCUT2D eigenvalue weighted by molar-refractivity contribution is 6.36. The molecule has 2 nitrogen and oxygen atoms in total. The normalized spacial score (nSPS) is 11.3. The minimum absolute atomic E-state index is 0.325. The van der Waals surface area contributed by atoms with Crippen molar-refractivity contribution >= 4 is 46.4 Å². The van der Waals surface area contributed by atoms with Crippen LogP contribution in [0.4, 0.5) is 0 Å². The molecule has 6 heteroatoms. The van der Waals surface area contributed by atoms with E-state index in [0.717, 1.165) is 17.7 Å². The second-order valence-electron chi connectivity index (χ2n) is 4.96. The van der Waals surface area contributed by atoms with Gasteiger partial charge in [0.25, 0.3) is 0 Å². The van der Waals surface area contributed by atoms with E-state index in [2.05, 4.69) is 18.9 Å². The van der Waals surface area contributed by atoms with Gasteiger partial charge in [0.05, 0.1) is 22.3 Å². The molecule has 1 heterocycles. The summed E-state index contributed by atoms with van der Waals surface area (Å²) in [6.45, 7) is 4.25. The first-order valence-electron chi connectivity index (χ1n) is 6.21. The summed E-state index contributed by atoms with van der Waals surface area (Å²) in [5.41, 5.74) is 2.46. The van der Waals surface area contributed by atoms with E-state index in [1.165, 1.54) is 0 Å². The van der Waals surface area contributed by atoms with Gasteiger partial charge in [-0.05, 0) is 30.5 Å². The summed E-state index contributed by atoms with van der Waals surface area (Å²) in [6, 6.07) is 5.21. The summed E-state index contributed by atoms with van der Waals surface area (Å²) in [6.07, 6.45) is 0.819. The van der Waals surface area contributed by atoms with Crippen LogP contribution in [-0.2, 0) is 12.3 Å². The Labute approximate surface area is 138 Å². The van der Waals surface area contributed by atoms with Crippen LogP contribution in [0.2, 0.25) is 15.2 Å². The van der Waals surface area contributed by atoms with Gasteiger partial charge in [0.1, 0.15) is 5.15 Å². The lowest BCUT2D eigenvalue weighted by molar-refractivity contribution is 0.626. The third-order valence-corrected chi connectivity index (χ3v) is 4.07. The molecule has 0 saturated carbocycles. The van der Waals surface area contributed by atoms with E-state index in [0.29, 0.717) is 32.7 Å². The topological polar surface area (TPSA) is 17.8 Å². The number of hydrogen-bond acceptors (Lipinski definition) is 1. The van der Waals surface area contributed by atoms with E-state index in [4.69, 9.17) is 46.4 Å². The van der Waals surface area contributed by atoms with Gasteiger partial charge in [0.15, 0.2) is 0 Å². The summed E-state index contributed by atoms with van der Waals surface area (Å²) in [7, 11) is 0. The number of alkyl halides is 1. The van der Waals surface area contributed by atoms with Gasteiger partial charge < -0.3 is 0 Å². The Morgan fingerprint density at radius 3 is 2.45 bits per heavy atom. The van der Waals surface area contributed by atoms with Crippen LogP contribution >= 0.6 is 46.4 Å². The van der Waals surface area contributed by atoms with Crippen molar-refractivity contribution in [1.82, 2.24) is 9.78 Å². The fourth-order valence-corrected chi connectivity index (χ4v) is 3.11. The van der Waals surface area contributed by atoms with E-state index in [1.807, 2.05) is 0 Å². The lowest BCUT2D eigenvalue weighted by atomic mass is 10.1. The molecule has 0 spiro atoms. The molecule has 1 aromatic heterocycles. The highest BCUT2D eigenvalue weighted by atomic mass is 35.5. The SMILES string of the molecule is CC(C)Cc1nn(-c2ccc(Cl)cc2Cl)c(Cl)c1CCl. The number of halogens is 4. The van der Waals surface area contributed by atoms with Gasteiger partial charge in [-0.2, -0.15) is 5.10 Å². The van der Waals surface area contributed by atoms with Crippen LogP contribution in [-0.4, -0.2) is 9.78 Å². The Hall–Kier alpha value is -0.410. The second kappa shape index (κ2) is 6.57. The van der Waals surface area contributed by atoms with Gasteiger partial charge in [-0.15, -0.1) is 11.6 Å². The van der Waals surface area contributed by atoms with Gasteiger partial charge in [-0.1, -0.05) is 48.7 Å². The van der Waals surface area contributed by atoms with Crippen LogP contribution in [0.1, 0.15) is 25.1 Å². The van der Waals surface area contributed by atoms with Crippen molar-refractivity contribution in [2.75, 3.05) is 0 Å². The summed E-state index contributed by atoms with van der Waals surface area (Å²) in [4.78, 5) is 0. The van der Waals surface area contributed by atoms with Gasteiger partial charge >= 0.3 is 0 Å². The molecule has 0 unspecified atom stereocenters. The molecular weight excluding hydrogens is 338 g/mol. The standard InChI is InChI=1S/C14H14Cl4N2/c1-8(2)5-12-10(7-15)14(18)20(19-12)13-4-3-9(16)6-11(13)17/h3-4,6,8H,5,7H2,1-2H3. The molecule has 1 aromatic carbocycles. The van der Waals surface area contributed by atoms with Crippen molar-refractivity contribution < 1.29 is 0 Å². The minimum Gasteiger partial charge on any atom is -0.220 e. The first-order valence-corrected chi connectivity index (χ1v) is 7.88. The average molecular weight is 352 g/mol. The van der Waals surface area contributed by atoms with Gasteiger partial charge in [-0.25, -0.2) is 4.68 Å². The van der Waals surface area contributed by atoms with E-state index >= 15 is 0 Å². The number of nitrogens with zero attached hydrogens (tertiary/aromatic N) is 2. The molecule has 0 bridgehead atoms. The van der Waals surface area contributed by atoms with Crippen molar-refractivity contribution in [2.24, 2.45) is 5.92 Å². The number of aromatic nitrogens is 2. The first kappa shape index (κ1) is 16.0. The molecule has 0 aliphatic carbocycles. The minimum atomic E-state index is 0.325. The zero-order valence-electron chi connectivity index (χ0n) is 11.1. The lowest BCUT2D eigenvalue weighted by Crippen LogP contribution is -2.00. The molecule has 0 saturated heterocycles. The molecule has 2 rings (SSSR count). The summed E-state index contributed by atoms with van der Waals surface area (Å²) < 4.78 is 1.62. The Kier molecular flexibility index (Phi) is 5.25. The molecule has 0 radical (unpaired) electrons. The maximum absolute atomic E-state index is 6.38. The van der Waals surface area contributed by atoms with Crippen LogP contribution in [0.5, 0.6) is 0 Å². The van der Waals surface area contributed by atoms with Gasteiger partial charge in [-0.3, -0.25) is 0 Å². The monoisotopic (exact) mass is 350 g/mol. The van der Waals surface area contributed by atoms with Crippen LogP contribution < -0.4 is 0 Å². The molecule has 20 heavy (non-hydrogen) atoms. The Morgan fingerprint density at radius 2 is 1.90 bits per heavy atom. The Morgan fingerprint density at radius 1 is 1.20 bits per heavy atom. The number of benzene rings is 1. The second-order valence-corrected chi connectivity index (χ2v) is 6.42. The predicted molar refractivity (Wildman–Crippen MR) is 86.7 cm³/mol. The molecule has 2 aromatic rings. The third kappa shape index (κ3) is 3.25. The smallest absolute Gasteiger partial charge is 0.137 e. The molecule has 0 aliphatic heterocycles. The molecular formula is C14H14Cl4N2. The van der Waals surface area contributed by atoms with Crippen molar-refractivity contribution in [3.8, 4) is 5.69 Å². The van der Waals surface area contributed by atoms with E-state index in [-0.39, 0.29) is 0 Å². The maximum Gasteiger partial charge on any atom is 0.137 e. The lowest BCUT2D eigenvalue weighted by Gasteiger charge is -2.06. The fourth-order valence-electron chi connectivity index (χ4n) is 1.97. The van der Waals surface area contributed by atoms with Crippen molar-refractivity contribution in [3.05, 3.63) is 44.7 Å². The van der Waals surface area contributed by atoms with Crippen molar-refractivity contribution in [2.45, 2.75) is 26.1 Å². The van der Waals surface area contributed by atoms with Crippen LogP contribution in [0.15, 0.2) is 18.2 Å². The zero-order valence-corrected chi connectivity index (χ0v) is 14.2. The van der Waals surface area contributed by atoms with Crippen LogP contribution in [0, 0.1) is 5.92 Å². The molecule has 0 N–H and O–H groups in total. The molecule has 0 amide bonds. The summed E-state index contributed by atoms with van der Waals surface area (Å²) >= 11 is 24.5. The molecule has 0 aliphatic rings. The number of hydrogen-bond donors (Lipinski definition) is 0. The number of rotatable bonds is 4. The van der Waals surface area contributed by atoms with Crippen LogP contribution in [0.3, 0.4) is 0 Å². The predicted octanol–water partition coefficient (Wildman–Crippen LogP) is 5.77. The fraction of sp³-hybridized carbons (Fsp3) is 0.357. The third-order valence-electron chi connectivity index (χ3n) is 2.88. The molecule has 0 fully saturated rings. The summed E-state index contributed by atoms with van der Waals surface area (Å²) in [5, 5.41) is 6.12. The van der Waals surface area contributed by atoms with E-state index in [9.17, 15) is 0 Å². The average Bonchev–Trinajstić information content (AvgIpc) is 2.65. The maximum atomic E-state index is 6.38. The van der Waals surface area contributed by atoms with E-state index < -0.39 is 0 Å². The molecule has 108 valence electrons. The zero-order chi connectivity index (χ0) is 14.9. The van der Waals surface area contributed by atoms with Gasteiger partial charge in [0.2, 0.25) is 0 Å². The highest BCUT2D eigenvalue weighted by Gasteiger charge is 2.18. The quantitative estimate of drug-likeness (QED) is 0.639. The highest BCUT2D eigenvalue weighted by Crippen LogP contribution is 2.31. The Bertz CT molecular complexity index is 620. The largest absolute Gasteiger partial charge is 0.220 e. The van der Waals surface area contributed by atoms with Crippen molar-refractivity contribution in [1.29, 1.82) is 0 Å². The van der Waals surface area contributed by atoms with E-state index in [1.54, 1.807) is 22.9 Å². The summed E-state index contributed by atoms with van der Waals surface area (Å²) in [5.74, 6) is 0.795. The van der Waals surface area contributed by atoms with Crippen molar-refractivity contribution in [3.63, 3.8) is 0 Å². The Balaban J connectivity index is 2.54.